The van der Waals surface area contributed by atoms with Gasteiger partial charge in [0.15, 0.2) is 0 Å². The fourth-order valence-electron chi connectivity index (χ4n) is 2.80. The number of esters is 1. The van der Waals surface area contributed by atoms with Crippen LogP contribution in [0.1, 0.15) is 34.7 Å². The molecule has 1 heterocycles. The minimum absolute atomic E-state index is 0.0124. The van der Waals surface area contributed by atoms with Crippen molar-refractivity contribution in [3.8, 4) is 11.3 Å². The highest BCUT2D eigenvalue weighted by Crippen LogP contribution is 2.37. The Kier molecular flexibility index (Phi) is 6.36. The highest BCUT2D eigenvalue weighted by Gasteiger charge is 2.30. The minimum atomic E-state index is -1.49. The number of benzene rings is 2. The monoisotopic (exact) mass is 479 g/mol. The summed E-state index contributed by atoms with van der Waals surface area (Å²) in [7, 11) is 0. The third-order valence-electron chi connectivity index (χ3n) is 4.13. The van der Waals surface area contributed by atoms with Crippen LogP contribution in [0.5, 0.6) is 0 Å². The molecule has 0 amide bonds. The van der Waals surface area contributed by atoms with Crippen LogP contribution in [0.15, 0.2) is 57.4 Å². The Hall–Kier alpha value is -2.68. The molecule has 2 aromatic carbocycles. The van der Waals surface area contributed by atoms with E-state index in [0.29, 0.717) is 15.1 Å². The lowest BCUT2D eigenvalue weighted by Gasteiger charge is -2.11. The molecule has 1 aromatic heterocycles. The summed E-state index contributed by atoms with van der Waals surface area (Å²) in [5.41, 5.74) is 0.403. The van der Waals surface area contributed by atoms with E-state index in [4.69, 9.17) is 20.8 Å². The van der Waals surface area contributed by atoms with E-state index in [9.17, 15) is 20.0 Å². The van der Waals surface area contributed by atoms with Gasteiger partial charge in [0.25, 0.3) is 5.69 Å². The van der Waals surface area contributed by atoms with Gasteiger partial charge in [-0.1, -0.05) is 27.5 Å². The zero-order chi connectivity index (χ0) is 21.1. The number of nitro groups is 1. The summed E-state index contributed by atoms with van der Waals surface area (Å²) in [5.74, 6) is -0.714. The molecule has 0 bridgehead atoms. The van der Waals surface area contributed by atoms with Crippen molar-refractivity contribution in [2.24, 2.45) is 0 Å². The third kappa shape index (κ3) is 4.50. The first kappa shape index (κ1) is 21.0. The average Bonchev–Trinajstić information content (AvgIpc) is 3.13. The van der Waals surface area contributed by atoms with Gasteiger partial charge in [-0.3, -0.25) is 10.1 Å². The summed E-state index contributed by atoms with van der Waals surface area (Å²) in [6.45, 7) is 1.73. The van der Waals surface area contributed by atoms with Crippen LogP contribution in [-0.2, 0) is 4.74 Å². The molecule has 0 aliphatic rings. The van der Waals surface area contributed by atoms with Crippen molar-refractivity contribution >= 4 is 39.2 Å². The van der Waals surface area contributed by atoms with E-state index in [2.05, 4.69) is 15.9 Å². The molecule has 0 aliphatic carbocycles. The predicted molar refractivity (Wildman–Crippen MR) is 110 cm³/mol. The minimum Gasteiger partial charge on any atom is -0.460 e. The first-order valence-electron chi connectivity index (χ1n) is 8.50. The van der Waals surface area contributed by atoms with Gasteiger partial charge in [0.05, 0.1) is 17.1 Å². The highest BCUT2D eigenvalue weighted by molar-refractivity contribution is 9.10. The molecule has 0 saturated heterocycles. The normalized spacial score (nSPS) is 11.9. The number of carbonyl (C=O) groups is 1. The summed E-state index contributed by atoms with van der Waals surface area (Å²) in [6, 6.07) is 12.3. The molecule has 0 fully saturated rings. The molecule has 9 heteroatoms. The Bertz CT molecular complexity index is 1060. The lowest BCUT2D eigenvalue weighted by atomic mass is 9.99. The maximum atomic E-state index is 12.4. The fraction of sp³-hybridized carbons (Fsp3) is 0.150. The van der Waals surface area contributed by atoms with E-state index in [1.165, 1.54) is 24.3 Å². The summed E-state index contributed by atoms with van der Waals surface area (Å²) in [5, 5.41) is 22.9. The molecule has 0 aliphatic heterocycles. The number of aliphatic hydroxyl groups is 1. The highest BCUT2D eigenvalue weighted by atomic mass is 79.9. The Morgan fingerprint density at radius 3 is 2.55 bits per heavy atom. The lowest BCUT2D eigenvalue weighted by molar-refractivity contribution is -0.386. The Morgan fingerprint density at radius 2 is 1.93 bits per heavy atom. The Labute approximate surface area is 179 Å². The van der Waals surface area contributed by atoms with Gasteiger partial charge in [0.2, 0.25) is 5.76 Å². The average molecular weight is 481 g/mol. The number of hydrogen-bond acceptors (Lipinski definition) is 6. The number of aliphatic hydroxyl groups excluding tert-OH is 1. The lowest BCUT2D eigenvalue weighted by Crippen LogP contribution is -2.10. The number of hydrogen-bond donors (Lipinski definition) is 1. The molecular weight excluding hydrogens is 466 g/mol. The van der Waals surface area contributed by atoms with Crippen molar-refractivity contribution in [3.63, 3.8) is 0 Å². The molecule has 29 heavy (non-hydrogen) atoms. The molecule has 150 valence electrons. The zero-order valence-electron chi connectivity index (χ0n) is 15.1. The standard InChI is InChI=1S/C20H15BrClNO6/c1-2-28-20(25)19-15(10-17(29-19)11-3-6-13(22)7-4-11)18(24)14-9-12(21)5-8-16(14)23(26)27/h3-10,18,24H,2H2,1H3. The molecule has 0 radical (unpaired) electrons. The number of nitrogens with zero attached hydrogens (tertiary/aromatic N) is 1. The fourth-order valence-corrected chi connectivity index (χ4v) is 3.30. The Balaban J connectivity index is 2.14. The van der Waals surface area contributed by atoms with Crippen LogP contribution in [0.2, 0.25) is 5.02 Å². The molecule has 3 aromatic rings. The maximum Gasteiger partial charge on any atom is 0.374 e. The largest absolute Gasteiger partial charge is 0.460 e. The number of halogens is 2. The van der Waals surface area contributed by atoms with Crippen molar-refractivity contribution in [3.05, 3.63) is 85.0 Å². The van der Waals surface area contributed by atoms with Gasteiger partial charge in [-0.2, -0.15) is 0 Å². The predicted octanol–water partition coefficient (Wildman–Crippen LogP) is 5.53. The van der Waals surface area contributed by atoms with Crippen LogP contribution >= 0.6 is 27.5 Å². The van der Waals surface area contributed by atoms with Crippen molar-refractivity contribution in [2.45, 2.75) is 13.0 Å². The quantitative estimate of drug-likeness (QED) is 0.283. The van der Waals surface area contributed by atoms with Crippen LogP contribution in [0, 0.1) is 10.1 Å². The molecular formula is C20H15BrClNO6. The van der Waals surface area contributed by atoms with Gasteiger partial charge in [-0.25, -0.2) is 4.79 Å². The third-order valence-corrected chi connectivity index (χ3v) is 4.87. The van der Waals surface area contributed by atoms with Crippen LogP contribution < -0.4 is 0 Å². The molecule has 0 saturated carbocycles. The van der Waals surface area contributed by atoms with Gasteiger partial charge < -0.3 is 14.3 Å². The Morgan fingerprint density at radius 1 is 1.24 bits per heavy atom. The number of ether oxygens (including phenoxy) is 1. The van der Waals surface area contributed by atoms with Crippen LogP contribution in [0.25, 0.3) is 11.3 Å². The number of rotatable bonds is 6. The first-order chi connectivity index (χ1) is 13.8. The second-order valence-electron chi connectivity index (χ2n) is 5.99. The van der Waals surface area contributed by atoms with Crippen LogP contribution in [0.4, 0.5) is 5.69 Å². The van der Waals surface area contributed by atoms with Gasteiger partial charge in [-0.15, -0.1) is 0 Å². The topological polar surface area (TPSA) is 103 Å². The van der Waals surface area contributed by atoms with E-state index in [1.807, 2.05) is 0 Å². The van der Waals surface area contributed by atoms with Gasteiger partial charge in [-0.05, 0) is 49.4 Å². The number of nitro benzene ring substituents is 1. The molecule has 1 unspecified atom stereocenters. The van der Waals surface area contributed by atoms with Crippen LogP contribution in [-0.4, -0.2) is 22.6 Å². The molecule has 0 spiro atoms. The van der Waals surface area contributed by atoms with Gasteiger partial charge in [0.1, 0.15) is 11.9 Å². The summed E-state index contributed by atoms with van der Waals surface area (Å²) in [4.78, 5) is 23.2. The molecule has 1 N–H and O–H groups in total. The molecule has 3 rings (SSSR count). The van der Waals surface area contributed by atoms with Crippen molar-refractivity contribution in [2.75, 3.05) is 6.61 Å². The molecule has 1 atom stereocenters. The van der Waals surface area contributed by atoms with Crippen molar-refractivity contribution in [1.29, 1.82) is 0 Å². The number of furan rings is 1. The summed E-state index contributed by atoms with van der Waals surface area (Å²) >= 11 is 9.15. The summed E-state index contributed by atoms with van der Waals surface area (Å²) < 4.78 is 11.2. The SMILES string of the molecule is CCOC(=O)c1oc(-c2ccc(Cl)cc2)cc1C(O)c1cc(Br)ccc1[N+](=O)[O-]. The van der Waals surface area contributed by atoms with E-state index in [-0.39, 0.29) is 34.9 Å². The first-order valence-corrected chi connectivity index (χ1v) is 9.67. The van der Waals surface area contributed by atoms with Gasteiger partial charge >= 0.3 is 5.97 Å². The zero-order valence-corrected chi connectivity index (χ0v) is 17.4. The van der Waals surface area contributed by atoms with Crippen LogP contribution in [0.3, 0.4) is 0 Å². The van der Waals surface area contributed by atoms with E-state index in [0.717, 1.165) is 0 Å². The van der Waals surface area contributed by atoms with E-state index >= 15 is 0 Å². The second-order valence-corrected chi connectivity index (χ2v) is 7.34. The smallest absolute Gasteiger partial charge is 0.374 e. The van der Waals surface area contributed by atoms with E-state index < -0.39 is 17.0 Å². The molecule has 7 nitrogen and oxygen atoms in total. The summed E-state index contributed by atoms with van der Waals surface area (Å²) in [6.07, 6.45) is -1.49. The maximum absolute atomic E-state index is 12.4. The van der Waals surface area contributed by atoms with Gasteiger partial charge in [0, 0.05) is 26.7 Å². The van der Waals surface area contributed by atoms with Crippen molar-refractivity contribution in [1.82, 2.24) is 0 Å². The number of carbonyl (C=O) groups excluding carboxylic acids is 1. The van der Waals surface area contributed by atoms with E-state index in [1.54, 1.807) is 31.2 Å². The van der Waals surface area contributed by atoms with Crippen molar-refractivity contribution < 1.29 is 24.0 Å². The second kappa shape index (κ2) is 8.77.